The molecule has 25 heavy (non-hydrogen) atoms. The second kappa shape index (κ2) is 13.6. The zero-order valence-electron chi connectivity index (χ0n) is 15.8. The molecule has 0 aromatic rings. The molecule has 2 rings (SSSR count). The fourth-order valence-corrected chi connectivity index (χ4v) is 3.36. The van der Waals surface area contributed by atoms with Crippen LogP contribution >= 0.6 is 24.0 Å². The van der Waals surface area contributed by atoms with E-state index in [4.69, 9.17) is 0 Å². The zero-order chi connectivity index (χ0) is 17.0. The summed E-state index contributed by atoms with van der Waals surface area (Å²) in [7, 11) is 0. The Morgan fingerprint density at radius 2 is 1.80 bits per heavy atom. The van der Waals surface area contributed by atoms with Crippen molar-refractivity contribution in [1.82, 2.24) is 16.0 Å². The van der Waals surface area contributed by atoms with Gasteiger partial charge in [-0.15, -0.1) is 24.0 Å². The fourth-order valence-electron chi connectivity index (χ4n) is 3.36. The van der Waals surface area contributed by atoms with E-state index in [0.29, 0.717) is 19.0 Å². The monoisotopic (exact) mass is 464 g/mol. The summed E-state index contributed by atoms with van der Waals surface area (Å²) >= 11 is 0. The SMILES string of the molecule is CCNC(=NCCCC(=O)NC1CC1)NCCCCC1CCCC1.I. The summed E-state index contributed by atoms with van der Waals surface area (Å²) in [6, 6.07) is 0.462. The average Bonchev–Trinajstić information content (AvgIpc) is 3.22. The van der Waals surface area contributed by atoms with Gasteiger partial charge in [0.2, 0.25) is 5.91 Å². The van der Waals surface area contributed by atoms with Crippen LogP contribution < -0.4 is 16.0 Å². The maximum atomic E-state index is 11.6. The number of carbonyl (C=O) groups excluding carboxylic acids is 1. The van der Waals surface area contributed by atoms with E-state index >= 15 is 0 Å². The Morgan fingerprint density at radius 1 is 1.04 bits per heavy atom. The second-order valence-electron chi connectivity index (χ2n) is 7.28. The minimum atomic E-state index is 0. The number of unbranched alkanes of at least 4 members (excludes halogenated alkanes) is 1. The van der Waals surface area contributed by atoms with E-state index in [0.717, 1.165) is 44.2 Å². The lowest BCUT2D eigenvalue weighted by atomic mass is 10.0. The molecule has 0 saturated heterocycles. The molecule has 0 spiro atoms. The highest BCUT2D eigenvalue weighted by atomic mass is 127. The van der Waals surface area contributed by atoms with Gasteiger partial charge in [0.05, 0.1) is 0 Å². The van der Waals surface area contributed by atoms with Gasteiger partial charge in [0.15, 0.2) is 5.96 Å². The predicted molar refractivity (Wildman–Crippen MR) is 116 cm³/mol. The van der Waals surface area contributed by atoms with Crippen molar-refractivity contribution in [1.29, 1.82) is 0 Å². The van der Waals surface area contributed by atoms with Gasteiger partial charge in [0, 0.05) is 32.1 Å². The van der Waals surface area contributed by atoms with Crippen LogP contribution in [-0.4, -0.2) is 37.5 Å². The topological polar surface area (TPSA) is 65.5 Å². The number of halogens is 1. The first-order chi connectivity index (χ1) is 11.8. The Morgan fingerprint density at radius 3 is 2.48 bits per heavy atom. The van der Waals surface area contributed by atoms with E-state index in [1.165, 1.54) is 44.9 Å². The first kappa shape index (κ1) is 22.5. The van der Waals surface area contributed by atoms with E-state index in [1.807, 2.05) is 0 Å². The first-order valence-corrected chi connectivity index (χ1v) is 10.1. The number of nitrogens with zero attached hydrogens (tertiary/aromatic N) is 1. The smallest absolute Gasteiger partial charge is 0.220 e. The number of hydrogen-bond donors (Lipinski definition) is 3. The Bertz CT molecular complexity index is 393. The molecule has 0 aromatic heterocycles. The van der Waals surface area contributed by atoms with Crippen LogP contribution in [0.4, 0.5) is 0 Å². The summed E-state index contributed by atoms with van der Waals surface area (Å²) in [6.45, 7) is 4.65. The van der Waals surface area contributed by atoms with Crippen molar-refractivity contribution in [3.8, 4) is 0 Å². The molecular weight excluding hydrogens is 427 g/mol. The minimum absolute atomic E-state index is 0. The summed E-state index contributed by atoms with van der Waals surface area (Å²) in [5, 5.41) is 9.72. The van der Waals surface area contributed by atoms with Crippen molar-refractivity contribution in [2.45, 2.75) is 83.6 Å². The van der Waals surface area contributed by atoms with Crippen LogP contribution in [0.2, 0.25) is 0 Å². The van der Waals surface area contributed by atoms with Gasteiger partial charge < -0.3 is 16.0 Å². The van der Waals surface area contributed by atoms with E-state index in [2.05, 4.69) is 27.9 Å². The Labute approximate surface area is 170 Å². The predicted octanol–water partition coefficient (Wildman–Crippen LogP) is 3.58. The second-order valence-corrected chi connectivity index (χ2v) is 7.28. The molecule has 1 amide bonds. The highest BCUT2D eigenvalue weighted by Gasteiger charge is 2.22. The lowest BCUT2D eigenvalue weighted by Gasteiger charge is -2.12. The first-order valence-electron chi connectivity index (χ1n) is 10.1. The van der Waals surface area contributed by atoms with Gasteiger partial charge >= 0.3 is 0 Å². The molecule has 5 nitrogen and oxygen atoms in total. The molecule has 3 N–H and O–H groups in total. The number of carbonyl (C=O) groups is 1. The van der Waals surface area contributed by atoms with Crippen LogP contribution in [0, 0.1) is 5.92 Å². The van der Waals surface area contributed by atoms with Gasteiger partial charge in [-0.25, -0.2) is 0 Å². The molecule has 2 aliphatic carbocycles. The van der Waals surface area contributed by atoms with Crippen LogP contribution in [-0.2, 0) is 4.79 Å². The highest BCUT2D eigenvalue weighted by molar-refractivity contribution is 14.0. The van der Waals surface area contributed by atoms with Gasteiger partial charge in [-0.3, -0.25) is 9.79 Å². The van der Waals surface area contributed by atoms with Gasteiger partial charge in [0.1, 0.15) is 0 Å². The molecule has 0 aliphatic heterocycles. The molecule has 0 bridgehead atoms. The summed E-state index contributed by atoms with van der Waals surface area (Å²) in [4.78, 5) is 16.2. The highest BCUT2D eigenvalue weighted by Crippen LogP contribution is 2.28. The zero-order valence-corrected chi connectivity index (χ0v) is 18.1. The molecule has 2 saturated carbocycles. The van der Waals surface area contributed by atoms with Crippen LogP contribution in [0.3, 0.4) is 0 Å². The van der Waals surface area contributed by atoms with E-state index in [1.54, 1.807) is 0 Å². The standard InChI is InChI=1S/C19H36N4O.HI/c1-2-20-19(21-14-6-5-10-16-8-3-4-9-16)22-15-7-11-18(24)23-17-12-13-17;/h16-17H,2-15H2,1H3,(H,23,24)(H2,20,21,22);1H. The van der Waals surface area contributed by atoms with E-state index in [9.17, 15) is 4.79 Å². The van der Waals surface area contributed by atoms with Crippen LogP contribution in [0.5, 0.6) is 0 Å². The molecule has 2 aliphatic rings. The van der Waals surface area contributed by atoms with Crippen molar-refractivity contribution in [2.24, 2.45) is 10.9 Å². The maximum Gasteiger partial charge on any atom is 0.220 e. The lowest BCUT2D eigenvalue weighted by Crippen LogP contribution is -2.38. The molecule has 0 aromatic carbocycles. The number of amides is 1. The third kappa shape index (κ3) is 10.9. The molecule has 6 heteroatoms. The van der Waals surface area contributed by atoms with Crippen molar-refractivity contribution < 1.29 is 4.79 Å². The number of nitrogens with one attached hydrogen (secondary N) is 3. The number of aliphatic imine (C=N–C) groups is 1. The molecular formula is C19H37IN4O. The lowest BCUT2D eigenvalue weighted by molar-refractivity contribution is -0.121. The Balaban J connectivity index is 0.00000312. The molecule has 146 valence electrons. The number of guanidine groups is 1. The van der Waals surface area contributed by atoms with Crippen molar-refractivity contribution in [2.75, 3.05) is 19.6 Å². The number of rotatable bonds is 11. The van der Waals surface area contributed by atoms with Crippen molar-refractivity contribution >= 4 is 35.8 Å². The normalized spacial score (nSPS) is 17.9. The average molecular weight is 464 g/mol. The Kier molecular flexibility index (Phi) is 12.3. The molecule has 2 fully saturated rings. The maximum absolute atomic E-state index is 11.6. The van der Waals surface area contributed by atoms with Crippen molar-refractivity contribution in [3.63, 3.8) is 0 Å². The van der Waals surface area contributed by atoms with Crippen molar-refractivity contribution in [3.05, 3.63) is 0 Å². The molecule has 0 radical (unpaired) electrons. The molecule has 0 atom stereocenters. The van der Waals surface area contributed by atoms with E-state index < -0.39 is 0 Å². The van der Waals surface area contributed by atoms with Crippen LogP contribution in [0.1, 0.15) is 77.6 Å². The summed E-state index contributed by atoms with van der Waals surface area (Å²) in [5.41, 5.74) is 0. The molecule has 0 heterocycles. The largest absolute Gasteiger partial charge is 0.357 e. The van der Waals surface area contributed by atoms with Gasteiger partial charge in [-0.2, -0.15) is 0 Å². The summed E-state index contributed by atoms with van der Waals surface area (Å²) in [5.74, 6) is 2.06. The van der Waals surface area contributed by atoms with E-state index in [-0.39, 0.29) is 29.9 Å². The van der Waals surface area contributed by atoms with Crippen LogP contribution in [0.15, 0.2) is 4.99 Å². The summed E-state index contributed by atoms with van der Waals surface area (Å²) in [6.07, 6.45) is 13.4. The third-order valence-electron chi connectivity index (χ3n) is 4.92. The fraction of sp³-hybridized carbons (Fsp3) is 0.895. The van der Waals surface area contributed by atoms with Gasteiger partial charge in [0.25, 0.3) is 0 Å². The molecule has 0 unspecified atom stereocenters. The van der Waals surface area contributed by atoms with Crippen LogP contribution in [0.25, 0.3) is 0 Å². The van der Waals surface area contributed by atoms with Gasteiger partial charge in [-0.05, 0) is 38.5 Å². The number of hydrogen-bond acceptors (Lipinski definition) is 2. The quantitative estimate of drug-likeness (QED) is 0.190. The minimum Gasteiger partial charge on any atom is -0.357 e. The van der Waals surface area contributed by atoms with Gasteiger partial charge in [-0.1, -0.05) is 38.5 Å². The third-order valence-corrected chi connectivity index (χ3v) is 4.92. The summed E-state index contributed by atoms with van der Waals surface area (Å²) < 4.78 is 0. The Hall–Kier alpha value is -0.530.